The van der Waals surface area contributed by atoms with Gasteiger partial charge in [0, 0.05) is 5.41 Å². The van der Waals surface area contributed by atoms with Crippen LogP contribution in [0, 0.1) is 5.41 Å². The molecule has 0 radical (unpaired) electrons. The van der Waals surface area contributed by atoms with Crippen LogP contribution in [0.2, 0.25) is 0 Å². The van der Waals surface area contributed by atoms with Crippen molar-refractivity contribution < 1.29 is 10.2 Å². The Morgan fingerprint density at radius 1 is 1.27 bits per heavy atom. The molecule has 0 aliphatic rings. The maximum atomic E-state index is 9.51. The molecule has 0 heterocycles. The topological polar surface area (TPSA) is 40.5 Å². The van der Waals surface area contributed by atoms with Gasteiger partial charge < -0.3 is 10.2 Å². The average molecular weight is 158 g/mol. The van der Waals surface area contributed by atoms with Crippen molar-refractivity contribution >= 4 is 0 Å². The smallest absolute Gasteiger partial charge is 0.187 e. The van der Waals surface area contributed by atoms with Gasteiger partial charge in [0.2, 0.25) is 0 Å². The predicted octanol–water partition coefficient (Wildman–Crippen LogP) is 1.68. The molecule has 0 unspecified atom stereocenters. The normalized spacial score (nSPS) is 14.4. The monoisotopic (exact) mass is 158 g/mol. The number of hydrogen-bond donors (Lipinski definition) is 2. The molecule has 0 amide bonds. The highest BCUT2D eigenvalue weighted by molar-refractivity contribution is 4.99. The van der Waals surface area contributed by atoms with Crippen molar-refractivity contribution in [2.45, 2.75) is 39.9 Å². The first-order valence-corrected chi connectivity index (χ1v) is 3.96. The van der Waals surface area contributed by atoms with E-state index in [2.05, 4.69) is 0 Å². The van der Waals surface area contributed by atoms with E-state index in [-0.39, 0.29) is 0 Å². The first kappa shape index (κ1) is 10.7. The fraction of sp³-hybridized carbons (Fsp3) is 0.778. The first-order chi connectivity index (χ1) is 4.87. The molecule has 2 N–H and O–H groups in total. The molecule has 2 heteroatoms. The Hall–Kier alpha value is -0.340. The van der Waals surface area contributed by atoms with Gasteiger partial charge in [-0.15, -0.1) is 0 Å². The third-order valence-corrected chi connectivity index (χ3v) is 2.28. The van der Waals surface area contributed by atoms with Crippen LogP contribution in [0.3, 0.4) is 0 Å². The molecule has 0 spiro atoms. The number of rotatable bonds is 3. The zero-order valence-electron chi connectivity index (χ0n) is 7.76. The van der Waals surface area contributed by atoms with Gasteiger partial charge in [0.05, 0.1) is 0 Å². The second-order valence-corrected chi connectivity index (χ2v) is 3.46. The summed E-state index contributed by atoms with van der Waals surface area (Å²) in [6.07, 6.45) is 3.79. The highest BCUT2D eigenvalue weighted by Crippen LogP contribution is 2.32. The molecule has 0 saturated heterocycles. The van der Waals surface area contributed by atoms with E-state index in [1.807, 2.05) is 20.8 Å². The van der Waals surface area contributed by atoms with E-state index in [1.165, 1.54) is 6.08 Å². The Kier molecular flexibility index (Phi) is 3.27. The number of hydrogen-bond acceptors (Lipinski definition) is 2. The van der Waals surface area contributed by atoms with Crippen LogP contribution >= 0.6 is 0 Å². The van der Waals surface area contributed by atoms with Gasteiger partial charge in [-0.3, -0.25) is 0 Å². The van der Waals surface area contributed by atoms with Crippen LogP contribution in [-0.2, 0) is 0 Å². The summed E-state index contributed by atoms with van der Waals surface area (Å²) >= 11 is 0. The van der Waals surface area contributed by atoms with Crippen molar-refractivity contribution in [1.29, 1.82) is 0 Å². The quantitative estimate of drug-likeness (QED) is 0.484. The van der Waals surface area contributed by atoms with Gasteiger partial charge >= 0.3 is 0 Å². The standard InChI is InChI=1S/C9H18O2/c1-5-7-9(10,11)8(3,4)6-2/h5,7,10-11H,6H2,1-4H3/b7-5+. The lowest BCUT2D eigenvalue weighted by atomic mass is 9.80. The maximum Gasteiger partial charge on any atom is 0.187 e. The second kappa shape index (κ2) is 3.37. The van der Waals surface area contributed by atoms with Crippen molar-refractivity contribution in [1.82, 2.24) is 0 Å². The van der Waals surface area contributed by atoms with Gasteiger partial charge in [0.15, 0.2) is 5.79 Å². The number of allylic oxidation sites excluding steroid dienone is 1. The Morgan fingerprint density at radius 2 is 1.73 bits per heavy atom. The summed E-state index contributed by atoms with van der Waals surface area (Å²) in [7, 11) is 0. The van der Waals surface area contributed by atoms with E-state index < -0.39 is 11.2 Å². The molecular formula is C9H18O2. The molecule has 0 aromatic rings. The summed E-state index contributed by atoms with van der Waals surface area (Å²) in [4.78, 5) is 0. The highest BCUT2D eigenvalue weighted by atomic mass is 16.5. The molecule has 0 aliphatic carbocycles. The largest absolute Gasteiger partial charge is 0.362 e. The summed E-state index contributed by atoms with van der Waals surface area (Å²) in [6.45, 7) is 7.36. The molecule has 0 saturated carbocycles. The van der Waals surface area contributed by atoms with Crippen molar-refractivity contribution in [3.8, 4) is 0 Å². The molecule has 0 fully saturated rings. The minimum atomic E-state index is -1.68. The van der Waals surface area contributed by atoms with Gasteiger partial charge in [-0.25, -0.2) is 0 Å². The Balaban J connectivity index is 4.52. The van der Waals surface area contributed by atoms with Crippen molar-refractivity contribution in [3.05, 3.63) is 12.2 Å². The van der Waals surface area contributed by atoms with Crippen LogP contribution in [0.5, 0.6) is 0 Å². The Bertz CT molecular complexity index is 146. The first-order valence-electron chi connectivity index (χ1n) is 3.96. The molecule has 0 aliphatic heterocycles. The van der Waals surface area contributed by atoms with Gasteiger partial charge in [-0.05, 0) is 19.4 Å². The van der Waals surface area contributed by atoms with Crippen molar-refractivity contribution in [2.24, 2.45) is 5.41 Å². The third-order valence-electron chi connectivity index (χ3n) is 2.28. The second-order valence-electron chi connectivity index (χ2n) is 3.46. The van der Waals surface area contributed by atoms with Crippen LogP contribution in [0.4, 0.5) is 0 Å². The van der Waals surface area contributed by atoms with E-state index in [9.17, 15) is 10.2 Å². The molecule has 0 bridgehead atoms. The lowest BCUT2D eigenvalue weighted by Gasteiger charge is -2.35. The zero-order valence-corrected chi connectivity index (χ0v) is 7.76. The predicted molar refractivity (Wildman–Crippen MR) is 46.1 cm³/mol. The van der Waals surface area contributed by atoms with Crippen molar-refractivity contribution in [2.75, 3.05) is 0 Å². The minimum absolute atomic E-state index is 0.487. The van der Waals surface area contributed by atoms with Crippen molar-refractivity contribution in [3.63, 3.8) is 0 Å². The number of aliphatic hydroxyl groups is 2. The summed E-state index contributed by atoms with van der Waals surface area (Å²) in [5.41, 5.74) is -0.487. The lowest BCUT2D eigenvalue weighted by Crippen LogP contribution is -2.42. The third kappa shape index (κ3) is 2.31. The fourth-order valence-corrected chi connectivity index (χ4v) is 0.718. The molecule has 0 aromatic heterocycles. The van der Waals surface area contributed by atoms with E-state index in [4.69, 9.17) is 0 Å². The zero-order chi connectivity index (χ0) is 9.12. The molecule has 0 aromatic carbocycles. The van der Waals surface area contributed by atoms with E-state index in [0.717, 1.165) is 6.42 Å². The molecule has 0 atom stereocenters. The van der Waals surface area contributed by atoms with Gasteiger partial charge in [0.25, 0.3) is 0 Å². The molecule has 66 valence electrons. The molecular weight excluding hydrogens is 140 g/mol. The SMILES string of the molecule is C/C=C/C(O)(O)C(C)(C)CC. The van der Waals surface area contributed by atoms with E-state index in [0.29, 0.717) is 0 Å². The Labute approximate surface area is 68.6 Å². The van der Waals surface area contributed by atoms with Crippen LogP contribution in [0.15, 0.2) is 12.2 Å². The average Bonchev–Trinajstić information content (AvgIpc) is 1.87. The van der Waals surface area contributed by atoms with E-state index >= 15 is 0 Å². The molecule has 11 heavy (non-hydrogen) atoms. The van der Waals surface area contributed by atoms with Crippen LogP contribution < -0.4 is 0 Å². The molecule has 0 rings (SSSR count). The summed E-state index contributed by atoms with van der Waals surface area (Å²) in [6, 6.07) is 0. The van der Waals surface area contributed by atoms with E-state index in [1.54, 1.807) is 13.0 Å². The summed E-state index contributed by atoms with van der Waals surface area (Å²) in [5, 5.41) is 19.0. The van der Waals surface area contributed by atoms with Crippen LogP contribution in [0.1, 0.15) is 34.1 Å². The van der Waals surface area contributed by atoms with Gasteiger partial charge in [-0.1, -0.05) is 26.8 Å². The van der Waals surface area contributed by atoms with Gasteiger partial charge in [-0.2, -0.15) is 0 Å². The van der Waals surface area contributed by atoms with Crippen LogP contribution in [0.25, 0.3) is 0 Å². The summed E-state index contributed by atoms with van der Waals surface area (Å²) < 4.78 is 0. The maximum absolute atomic E-state index is 9.51. The lowest BCUT2D eigenvalue weighted by molar-refractivity contribution is -0.195. The highest BCUT2D eigenvalue weighted by Gasteiger charge is 2.37. The molecule has 2 nitrogen and oxygen atoms in total. The van der Waals surface area contributed by atoms with Gasteiger partial charge in [0.1, 0.15) is 0 Å². The Morgan fingerprint density at radius 3 is 2.00 bits per heavy atom. The summed E-state index contributed by atoms with van der Waals surface area (Å²) in [5.74, 6) is -1.68. The van der Waals surface area contributed by atoms with Crippen LogP contribution in [-0.4, -0.2) is 16.0 Å². The minimum Gasteiger partial charge on any atom is -0.362 e. The fourth-order valence-electron chi connectivity index (χ4n) is 0.718.